The van der Waals surface area contributed by atoms with Crippen LogP contribution in [0.25, 0.3) is 0 Å². The van der Waals surface area contributed by atoms with E-state index in [1.165, 1.54) is 55.6 Å². The molecule has 0 bridgehead atoms. The number of piperazine rings is 3. The molecule has 0 radical (unpaired) electrons. The Morgan fingerprint density at radius 3 is 1.28 bits per heavy atom. The van der Waals surface area contributed by atoms with E-state index in [2.05, 4.69) is 152 Å². The normalized spacial score (nSPS) is 18.3. The number of carbonyl (C=O) groups excluding carboxylic acids is 2. The molecule has 6 heterocycles. The van der Waals surface area contributed by atoms with Crippen LogP contribution in [0.1, 0.15) is 110 Å². The molecule has 1 N–H and O–H groups in total. The standard InChI is InChI=1S/C25H30ClN3O.C24H29N3O.C23H25N3O2/c1-17-5-7-22-19(13-17)14-20-15-21(26)6-8-23(20)27-24(22)29-11-9-28(10-12-29)16-25(3,4)18(2)30;1-18(28)24(2,3)17-26-12-14-27(15-13-26)23-21-10-6-4-8-19(21)16-20-9-5-7-11-22(20)25-23;27-22(28)23(9-10-23)16-25-11-13-26(14-12-25)21-19-7-3-1-5-17(19)15-18-6-2-4-8-20(18)24-21/h5-8,13,15H,9-12,14,16H2,1-4H3;4-11H,12-17H2,1-3H3;1-8H,9-16H2,(H,27,28). The van der Waals surface area contributed by atoms with Crippen LogP contribution in [-0.2, 0) is 33.6 Å². The fraction of sp³-hybridized carbons (Fsp3) is 0.417. The molecule has 3 saturated heterocycles. The van der Waals surface area contributed by atoms with Gasteiger partial charge in [0.1, 0.15) is 29.1 Å². The molecule has 6 aliphatic heterocycles. The van der Waals surface area contributed by atoms with Gasteiger partial charge in [0, 0.05) is 150 Å². The molecule has 1 saturated carbocycles. The number of aliphatic imine (C=N–C) groups is 3. The maximum atomic E-state index is 11.9. The summed E-state index contributed by atoms with van der Waals surface area (Å²) in [5.74, 6) is 3.07. The van der Waals surface area contributed by atoms with Crippen molar-refractivity contribution in [3.05, 3.63) is 194 Å². The van der Waals surface area contributed by atoms with E-state index in [1.807, 2.05) is 45.9 Å². The zero-order valence-electron chi connectivity index (χ0n) is 51.4. The molecule has 0 unspecified atom stereocenters. The molecule has 13 rings (SSSR count). The second kappa shape index (κ2) is 25.6. The number of hydrogen-bond acceptors (Lipinski definition) is 12. The summed E-state index contributed by atoms with van der Waals surface area (Å²) in [4.78, 5) is 64.9. The summed E-state index contributed by atoms with van der Waals surface area (Å²) < 4.78 is 0. The highest BCUT2D eigenvalue weighted by atomic mass is 35.5. The smallest absolute Gasteiger partial charge is 0.310 e. The number of rotatable bonds is 9. The van der Waals surface area contributed by atoms with E-state index < -0.39 is 11.4 Å². The lowest BCUT2D eigenvalue weighted by Crippen LogP contribution is -2.51. The van der Waals surface area contributed by atoms with E-state index in [-0.39, 0.29) is 22.4 Å². The number of ketones is 2. The molecule has 7 aliphatic rings. The maximum absolute atomic E-state index is 11.9. The molecule has 4 fully saturated rings. The molecule has 14 heteroatoms. The van der Waals surface area contributed by atoms with Crippen LogP contribution in [0.3, 0.4) is 0 Å². The highest BCUT2D eigenvalue weighted by molar-refractivity contribution is 6.30. The van der Waals surface area contributed by atoms with Crippen molar-refractivity contribution < 1.29 is 19.5 Å². The quantitative estimate of drug-likeness (QED) is 0.149. The Bertz CT molecular complexity index is 3460. The molecular weight excluding hydrogens is 1090 g/mol. The first-order chi connectivity index (χ1) is 41.3. The number of halogens is 1. The molecule has 86 heavy (non-hydrogen) atoms. The summed E-state index contributed by atoms with van der Waals surface area (Å²) in [5, 5.41) is 10.2. The van der Waals surface area contributed by atoms with Gasteiger partial charge in [0.2, 0.25) is 0 Å². The number of nitrogens with zero attached hydrogens (tertiary/aromatic N) is 9. The first-order valence-corrected chi connectivity index (χ1v) is 31.3. The average Bonchev–Trinajstić information content (AvgIpc) is 3.62. The molecule has 13 nitrogen and oxygen atoms in total. The molecule has 0 amide bonds. The van der Waals surface area contributed by atoms with E-state index >= 15 is 0 Å². The van der Waals surface area contributed by atoms with Gasteiger partial charge in [0.25, 0.3) is 0 Å². The third kappa shape index (κ3) is 13.8. The van der Waals surface area contributed by atoms with E-state index in [9.17, 15) is 19.5 Å². The van der Waals surface area contributed by atoms with Crippen molar-refractivity contribution in [3.63, 3.8) is 0 Å². The van der Waals surface area contributed by atoms with Gasteiger partial charge in [-0.15, -0.1) is 0 Å². The number of aryl methyl sites for hydroxylation is 1. The van der Waals surface area contributed by atoms with Crippen LogP contribution in [0.5, 0.6) is 0 Å². The van der Waals surface area contributed by atoms with Gasteiger partial charge < -0.3 is 19.8 Å². The van der Waals surface area contributed by atoms with Crippen LogP contribution in [0, 0.1) is 23.2 Å². The summed E-state index contributed by atoms with van der Waals surface area (Å²) in [6.45, 7) is 27.0. The lowest BCUT2D eigenvalue weighted by Gasteiger charge is -2.39. The predicted molar refractivity (Wildman–Crippen MR) is 348 cm³/mol. The summed E-state index contributed by atoms with van der Waals surface area (Å²) in [6.07, 6.45) is 4.30. The third-order valence-electron chi connectivity index (χ3n) is 18.9. The molecule has 0 aromatic heterocycles. The molecule has 6 aromatic carbocycles. The van der Waals surface area contributed by atoms with Crippen molar-refractivity contribution in [3.8, 4) is 0 Å². The number of Topliss-reactive ketones (excluding diaryl/α,β-unsaturated/α-hetero) is 2. The van der Waals surface area contributed by atoms with Crippen molar-refractivity contribution in [2.24, 2.45) is 31.2 Å². The number of amidine groups is 3. The Kier molecular flexibility index (Phi) is 18.0. The van der Waals surface area contributed by atoms with Gasteiger partial charge in [0.05, 0.1) is 22.5 Å². The van der Waals surface area contributed by atoms with Crippen LogP contribution in [0.4, 0.5) is 17.1 Å². The minimum Gasteiger partial charge on any atom is -0.481 e. The third-order valence-corrected chi connectivity index (χ3v) is 19.1. The second-order valence-electron chi connectivity index (χ2n) is 26.1. The maximum Gasteiger partial charge on any atom is 0.310 e. The number of fused-ring (bicyclic) bond motifs is 6. The number of carbonyl (C=O) groups is 3. The Morgan fingerprint density at radius 1 is 0.465 bits per heavy atom. The Morgan fingerprint density at radius 2 is 0.849 bits per heavy atom. The van der Waals surface area contributed by atoms with Gasteiger partial charge in [-0.25, -0.2) is 15.0 Å². The first-order valence-electron chi connectivity index (χ1n) is 31.0. The summed E-state index contributed by atoms with van der Waals surface area (Å²) >= 11 is 6.28. The average molecular weight is 1170 g/mol. The number of carboxylic acid groups (broad SMARTS) is 1. The topological polar surface area (TPSA) is 128 Å². The highest BCUT2D eigenvalue weighted by Crippen LogP contribution is 2.47. The fourth-order valence-corrected chi connectivity index (χ4v) is 13.0. The lowest BCUT2D eigenvalue weighted by molar-refractivity contribution is -0.144. The van der Waals surface area contributed by atoms with Crippen LogP contribution in [-0.4, -0.2) is 168 Å². The van der Waals surface area contributed by atoms with Crippen molar-refractivity contribution in [1.82, 2.24) is 29.4 Å². The Hall–Kier alpha value is -7.29. The van der Waals surface area contributed by atoms with E-state index in [4.69, 9.17) is 26.6 Å². The first kappa shape index (κ1) is 60.4. The van der Waals surface area contributed by atoms with Gasteiger partial charge >= 0.3 is 5.97 Å². The van der Waals surface area contributed by atoms with Gasteiger partial charge in [0.15, 0.2) is 0 Å². The van der Waals surface area contributed by atoms with E-state index in [1.54, 1.807) is 13.8 Å². The summed E-state index contributed by atoms with van der Waals surface area (Å²) in [6, 6.07) is 46.7. The highest BCUT2D eigenvalue weighted by Gasteiger charge is 2.51. The van der Waals surface area contributed by atoms with Gasteiger partial charge in [-0.1, -0.05) is 148 Å². The minimum absolute atomic E-state index is 0.248. The molecule has 6 aromatic rings. The van der Waals surface area contributed by atoms with Crippen molar-refractivity contribution in [2.75, 3.05) is 98.2 Å². The van der Waals surface area contributed by atoms with Crippen LogP contribution in [0.15, 0.2) is 148 Å². The lowest BCUT2D eigenvalue weighted by atomic mass is 9.88. The largest absolute Gasteiger partial charge is 0.481 e. The second-order valence-corrected chi connectivity index (χ2v) is 26.5. The van der Waals surface area contributed by atoms with Crippen LogP contribution in [0.2, 0.25) is 5.02 Å². The monoisotopic (exact) mass is 1170 g/mol. The van der Waals surface area contributed by atoms with E-state index in [0.717, 1.165) is 163 Å². The van der Waals surface area contributed by atoms with Gasteiger partial charge in [-0.05, 0) is 97.3 Å². The van der Waals surface area contributed by atoms with Gasteiger partial charge in [-0.3, -0.25) is 29.1 Å². The summed E-state index contributed by atoms with van der Waals surface area (Å²) in [7, 11) is 0. The zero-order chi connectivity index (χ0) is 60.3. The summed E-state index contributed by atoms with van der Waals surface area (Å²) in [5.41, 5.74) is 14.7. The molecule has 0 spiro atoms. The molecule has 1 aliphatic carbocycles. The Labute approximate surface area is 514 Å². The van der Waals surface area contributed by atoms with Crippen LogP contribution < -0.4 is 0 Å². The number of hydrogen-bond donors (Lipinski definition) is 1. The van der Waals surface area contributed by atoms with Crippen molar-refractivity contribution in [2.45, 2.75) is 80.6 Å². The number of aliphatic carboxylic acids is 1. The number of para-hydroxylation sites is 2. The Balaban J connectivity index is 0.000000134. The molecule has 0 atom stereocenters. The van der Waals surface area contributed by atoms with Crippen LogP contribution >= 0.6 is 11.6 Å². The number of carboxylic acids is 1. The van der Waals surface area contributed by atoms with E-state index in [0.29, 0.717) is 6.54 Å². The predicted octanol–water partition coefficient (Wildman–Crippen LogP) is 11.9. The zero-order valence-corrected chi connectivity index (χ0v) is 52.2. The van der Waals surface area contributed by atoms with Crippen molar-refractivity contribution >= 4 is 63.7 Å². The molecular formula is C72H84ClN9O4. The van der Waals surface area contributed by atoms with Gasteiger partial charge in [-0.2, -0.15) is 0 Å². The number of benzene rings is 6. The molecule has 448 valence electrons. The minimum atomic E-state index is -0.631. The van der Waals surface area contributed by atoms with Crippen molar-refractivity contribution in [1.29, 1.82) is 0 Å². The fourth-order valence-electron chi connectivity index (χ4n) is 12.8. The SMILES string of the molecule is CC(=O)C(C)(C)CN1CCN(C2=Nc3ccc(Cl)cc3Cc3cc(C)ccc32)CC1.CC(=O)C(C)(C)CN1CCN(C2=Nc3ccccc3Cc3ccccc32)CC1.O=C(O)C1(CN2CCN(C3=Nc4ccccc4Cc4ccccc43)CC2)CC1.